The van der Waals surface area contributed by atoms with Crippen LogP contribution >= 0.6 is 11.6 Å². The maximum Gasteiger partial charge on any atom is 0.429 e. The summed E-state index contributed by atoms with van der Waals surface area (Å²) in [4.78, 5) is 7.86. The van der Waals surface area contributed by atoms with E-state index in [0.717, 1.165) is 24.5 Å². The highest BCUT2D eigenvalue weighted by Gasteiger charge is 2.44. The Hall–Kier alpha value is -3.64. The van der Waals surface area contributed by atoms with Crippen molar-refractivity contribution in [2.45, 2.75) is 17.2 Å². The van der Waals surface area contributed by atoms with Gasteiger partial charge in [0.05, 0.1) is 16.1 Å². The average Bonchev–Trinajstić information content (AvgIpc) is 2.77. The standard InChI is InChI=1S/C21H14ClF3N4O4S/c22-14-5-1-4-8-17(14)34(31,32)28-19-20(27-16-7-3-2-6-15(16)26-19)33-18(21(23,24)25)13-9-11-29(30)12-10-13/h1-12,18H,(H,26,28). The van der Waals surface area contributed by atoms with E-state index in [2.05, 4.69) is 14.7 Å². The van der Waals surface area contributed by atoms with Crippen molar-refractivity contribution in [3.63, 3.8) is 0 Å². The zero-order chi connectivity index (χ0) is 24.5. The zero-order valence-corrected chi connectivity index (χ0v) is 18.5. The smallest absolute Gasteiger partial charge is 0.429 e. The van der Waals surface area contributed by atoms with Gasteiger partial charge in [-0.15, -0.1) is 0 Å². The van der Waals surface area contributed by atoms with E-state index in [9.17, 15) is 26.8 Å². The monoisotopic (exact) mass is 510 g/mol. The average molecular weight is 511 g/mol. The second-order valence-electron chi connectivity index (χ2n) is 6.93. The molecule has 1 atom stereocenters. The van der Waals surface area contributed by atoms with Crippen molar-refractivity contribution in [1.82, 2.24) is 9.97 Å². The van der Waals surface area contributed by atoms with Gasteiger partial charge in [-0.3, -0.25) is 4.72 Å². The predicted molar refractivity (Wildman–Crippen MR) is 117 cm³/mol. The first kappa shape index (κ1) is 23.5. The van der Waals surface area contributed by atoms with E-state index < -0.39 is 39.6 Å². The molecule has 13 heteroatoms. The summed E-state index contributed by atoms with van der Waals surface area (Å²) in [5, 5.41) is 11.2. The van der Waals surface area contributed by atoms with Gasteiger partial charge < -0.3 is 9.94 Å². The number of pyridine rings is 1. The minimum Gasteiger partial charge on any atom is -0.619 e. The molecule has 2 heterocycles. The number of nitrogens with one attached hydrogen (secondary N) is 1. The Balaban J connectivity index is 1.82. The van der Waals surface area contributed by atoms with E-state index in [1.807, 2.05) is 0 Å². The molecular weight excluding hydrogens is 497 g/mol. The molecule has 2 aromatic carbocycles. The second-order valence-corrected chi connectivity index (χ2v) is 8.99. The van der Waals surface area contributed by atoms with Crippen molar-refractivity contribution in [1.29, 1.82) is 0 Å². The van der Waals surface area contributed by atoms with Gasteiger partial charge in [0.25, 0.3) is 15.9 Å². The number of ether oxygens (including phenoxy) is 1. The van der Waals surface area contributed by atoms with Crippen LogP contribution in [0.2, 0.25) is 5.02 Å². The molecule has 1 N–H and O–H groups in total. The Bertz CT molecular complexity index is 1450. The number of nitrogens with zero attached hydrogens (tertiary/aromatic N) is 3. The quantitative estimate of drug-likeness (QED) is 0.304. The molecule has 34 heavy (non-hydrogen) atoms. The number of aromatic nitrogens is 3. The minimum absolute atomic E-state index is 0.102. The van der Waals surface area contributed by atoms with E-state index in [-0.39, 0.29) is 21.0 Å². The van der Waals surface area contributed by atoms with Crippen molar-refractivity contribution in [3.8, 4) is 5.88 Å². The number of rotatable bonds is 6. The molecule has 0 aliphatic rings. The molecule has 2 aromatic heterocycles. The van der Waals surface area contributed by atoms with Gasteiger partial charge in [0, 0.05) is 17.7 Å². The molecule has 1 unspecified atom stereocenters. The molecule has 0 saturated heterocycles. The molecule has 0 radical (unpaired) electrons. The molecule has 0 aliphatic carbocycles. The highest BCUT2D eigenvalue weighted by molar-refractivity contribution is 7.92. The summed E-state index contributed by atoms with van der Waals surface area (Å²) in [5.41, 5.74) is -0.0126. The lowest BCUT2D eigenvalue weighted by molar-refractivity contribution is -0.605. The van der Waals surface area contributed by atoms with Gasteiger partial charge in [0.1, 0.15) is 4.90 Å². The molecule has 0 saturated carbocycles. The third kappa shape index (κ3) is 4.97. The lowest BCUT2D eigenvalue weighted by Crippen LogP contribution is -2.29. The van der Waals surface area contributed by atoms with Crippen molar-refractivity contribution in [2.24, 2.45) is 0 Å². The Morgan fingerprint density at radius 1 is 0.971 bits per heavy atom. The molecule has 8 nitrogen and oxygen atoms in total. The van der Waals surface area contributed by atoms with Crippen molar-refractivity contribution >= 4 is 38.5 Å². The summed E-state index contributed by atoms with van der Waals surface area (Å²) in [6, 6.07) is 13.6. The topological polar surface area (TPSA) is 108 Å². The number of para-hydroxylation sites is 2. The van der Waals surface area contributed by atoms with Crippen LogP contribution in [0, 0.1) is 5.21 Å². The van der Waals surface area contributed by atoms with Crippen LogP contribution in [0.1, 0.15) is 11.7 Å². The number of hydrogen-bond donors (Lipinski definition) is 1. The first-order valence-electron chi connectivity index (χ1n) is 9.51. The van der Waals surface area contributed by atoms with Gasteiger partial charge >= 0.3 is 6.18 Å². The van der Waals surface area contributed by atoms with Crippen molar-refractivity contribution < 1.29 is 31.1 Å². The lowest BCUT2D eigenvalue weighted by atomic mass is 10.1. The SMILES string of the molecule is O=S(=O)(Nc1nc2ccccc2nc1OC(c1cc[n+]([O-])cc1)C(F)(F)F)c1ccccc1Cl. The number of benzene rings is 2. The Kier molecular flexibility index (Phi) is 6.19. The molecule has 4 aromatic rings. The zero-order valence-electron chi connectivity index (χ0n) is 16.9. The van der Waals surface area contributed by atoms with Crippen LogP contribution in [-0.2, 0) is 10.0 Å². The molecule has 0 bridgehead atoms. The Morgan fingerprint density at radius 2 is 1.56 bits per heavy atom. The Morgan fingerprint density at radius 3 is 2.18 bits per heavy atom. The molecule has 0 aliphatic heterocycles. The summed E-state index contributed by atoms with van der Waals surface area (Å²) in [5.74, 6) is -1.28. The van der Waals surface area contributed by atoms with E-state index in [1.165, 1.54) is 36.4 Å². The van der Waals surface area contributed by atoms with Gasteiger partial charge in [-0.1, -0.05) is 35.9 Å². The third-order valence-corrected chi connectivity index (χ3v) is 6.39. The van der Waals surface area contributed by atoms with Crippen LogP contribution in [0.5, 0.6) is 5.88 Å². The maximum atomic E-state index is 13.9. The highest BCUT2D eigenvalue weighted by atomic mass is 35.5. The first-order valence-corrected chi connectivity index (χ1v) is 11.4. The lowest BCUT2D eigenvalue weighted by Gasteiger charge is -2.22. The summed E-state index contributed by atoms with van der Waals surface area (Å²) in [7, 11) is -4.37. The van der Waals surface area contributed by atoms with Gasteiger partial charge in [-0.25, -0.2) is 18.4 Å². The number of anilines is 1. The molecular formula is C21H14ClF3N4O4S. The fourth-order valence-corrected chi connectivity index (χ4v) is 4.53. The fourth-order valence-electron chi connectivity index (χ4n) is 3.01. The van der Waals surface area contributed by atoms with Gasteiger partial charge in [0.15, 0.2) is 12.4 Å². The molecule has 176 valence electrons. The summed E-state index contributed by atoms with van der Waals surface area (Å²) in [6.07, 6.45) is -5.73. The fraction of sp³-hybridized carbons (Fsp3) is 0.0952. The Labute approximate surface area is 196 Å². The highest BCUT2D eigenvalue weighted by Crippen LogP contribution is 2.38. The summed E-state index contributed by atoms with van der Waals surface area (Å²) >= 11 is 5.98. The second kappa shape index (κ2) is 8.95. The van der Waals surface area contributed by atoms with Crippen molar-refractivity contribution in [3.05, 3.63) is 88.9 Å². The van der Waals surface area contributed by atoms with Crippen LogP contribution in [0.3, 0.4) is 0 Å². The van der Waals surface area contributed by atoms with Gasteiger partial charge in [0.2, 0.25) is 11.9 Å². The van der Waals surface area contributed by atoms with Crippen LogP contribution in [0.15, 0.2) is 78.0 Å². The van der Waals surface area contributed by atoms with E-state index in [4.69, 9.17) is 16.3 Å². The summed E-state index contributed by atoms with van der Waals surface area (Å²) < 4.78 is 75.1. The molecule has 0 fully saturated rings. The number of halogens is 4. The molecule has 0 spiro atoms. The van der Waals surface area contributed by atoms with Crippen LogP contribution in [0.25, 0.3) is 11.0 Å². The van der Waals surface area contributed by atoms with Crippen LogP contribution in [-0.4, -0.2) is 24.6 Å². The van der Waals surface area contributed by atoms with Crippen LogP contribution < -0.4 is 14.2 Å². The minimum atomic E-state index is -4.93. The molecule has 0 amide bonds. The number of alkyl halides is 3. The normalized spacial score (nSPS) is 12.9. The molecule has 4 rings (SSSR count). The predicted octanol–water partition coefficient (Wildman–Crippen LogP) is 4.40. The summed E-state index contributed by atoms with van der Waals surface area (Å²) in [6.45, 7) is 0. The number of hydrogen-bond acceptors (Lipinski definition) is 6. The number of fused-ring (bicyclic) bond motifs is 1. The van der Waals surface area contributed by atoms with Crippen molar-refractivity contribution in [2.75, 3.05) is 4.72 Å². The van der Waals surface area contributed by atoms with Crippen LogP contribution in [0.4, 0.5) is 19.0 Å². The van der Waals surface area contributed by atoms with Gasteiger partial charge in [-0.2, -0.15) is 17.9 Å². The van der Waals surface area contributed by atoms with E-state index in [0.29, 0.717) is 4.73 Å². The number of sulfonamides is 1. The largest absolute Gasteiger partial charge is 0.619 e. The van der Waals surface area contributed by atoms with E-state index >= 15 is 0 Å². The van der Waals surface area contributed by atoms with Gasteiger partial charge in [-0.05, 0) is 24.3 Å². The van der Waals surface area contributed by atoms with E-state index in [1.54, 1.807) is 12.1 Å². The third-order valence-electron chi connectivity index (χ3n) is 4.55. The first-order chi connectivity index (χ1) is 16.0. The maximum absolute atomic E-state index is 13.9.